The SMILES string of the molecule is CCC/C=C\C/C=C\CCCCCCCC(=O)OCC(COC1OC(C(=O)O)C(O)C(O)C1OC(=O)CCCCCCCCCCC/C=C\CCCCCCCC)OC(=O)CCCCCCCCCCCCC. The molecular formula is C61H108O12. The lowest BCUT2D eigenvalue weighted by Crippen LogP contribution is -2.61. The van der Waals surface area contributed by atoms with Crippen molar-refractivity contribution in [1.29, 1.82) is 0 Å². The Morgan fingerprint density at radius 3 is 1.30 bits per heavy atom. The molecule has 0 aromatic rings. The van der Waals surface area contributed by atoms with Crippen molar-refractivity contribution in [2.24, 2.45) is 0 Å². The van der Waals surface area contributed by atoms with Crippen LogP contribution in [0.5, 0.6) is 0 Å². The molecule has 1 heterocycles. The fourth-order valence-corrected chi connectivity index (χ4v) is 9.05. The topological polar surface area (TPSA) is 175 Å². The van der Waals surface area contributed by atoms with Crippen LogP contribution >= 0.6 is 0 Å². The molecule has 0 radical (unpaired) electrons. The number of hydrogen-bond acceptors (Lipinski definition) is 11. The van der Waals surface area contributed by atoms with Gasteiger partial charge in [-0.2, -0.15) is 0 Å². The number of carbonyl (C=O) groups is 4. The van der Waals surface area contributed by atoms with Gasteiger partial charge in [0.15, 0.2) is 24.6 Å². The van der Waals surface area contributed by atoms with Gasteiger partial charge in [-0.15, -0.1) is 0 Å². The maximum Gasteiger partial charge on any atom is 0.335 e. The Morgan fingerprint density at radius 2 is 0.849 bits per heavy atom. The first-order valence-electron chi connectivity index (χ1n) is 30.0. The van der Waals surface area contributed by atoms with Gasteiger partial charge in [-0.1, -0.05) is 224 Å². The second-order valence-corrected chi connectivity index (χ2v) is 20.6. The van der Waals surface area contributed by atoms with E-state index in [-0.39, 0.29) is 25.9 Å². The number of rotatable bonds is 51. The summed E-state index contributed by atoms with van der Waals surface area (Å²) in [6.07, 6.45) is 45.5. The van der Waals surface area contributed by atoms with E-state index in [4.69, 9.17) is 23.7 Å². The summed E-state index contributed by atoms with van der Waals surface area (Å²) in [6, 6.07) is 0. The summed E-state index contributed by atoms with van der Waals surface area (Å²) in [5.41, 5.74) is 0. The van der Waals surface area contributed by atoms with Gasteiger partial charge in [-0.3, -0.25) is 14.4 Å². The zero-order valence-electron chi connectivity index (χ0n) is 46.6. The average Bonchev–Trinajstić information content (AvgIpc) is 3.37. The molecule has 1 aliphatic heterocycles. The van der Waals surface area contributed by atoms with E-state index < -0.39 is 67.3 Å². The summed E-state index contributed by atoms with van der Waals surface area (Å²) in [5, 5.41) is 31.5. The van der Waals surface area contributed by atoms with E-state index in [0.29, 0.717) is 19.3 Å². The minimum absolute atomic E-state index is 0.0601. The van der Waals surface area contributed by atoms with Crippen molar-refractivity contribution in [3.05, 3.63) is 36.5 Å². The number of aliphatic hydroxyl groups excluding tert-OH is 2. The Hall–Kier alpha value is -3.06. The molecule has 0 aliphatic carbocycles. The molecule has 0 aromatic carbocycles. The van der Waals surface area contributed by atoms with E-state index in [1.54, 1.807) is 0 Å². The number of allylic oxidation sites excluding steroid dienone is 6. The minimum atomic E-state index is -1.90. The molecule has 0 amide bonds. The molecule has 6 unspecified atom stereocenters. The number of unbranched alkanes of at least 4 members (excludes halogenated alkanes) is 31. The van der Waals surface area contributed by atoms with Crippen LogP contribution in [0, 0.1) is 0 Å². The van der Waals surface area contributed by atoms with Crippen molar-refractivity contribution in [2.75, 3.05) is 13.2 Å². The summed E-state index contributed by atoms with van der Waals surface area (Å²) < 4.78 is 28.4. The molecule has 0 spiro atoms. The van der Waals surface area contributed by atoms with Crippen LogP contribution in [0.2, 0.25) is 0 Å². The van der Waals surface area contributed by atoms with E-state index in [9.17, 15) is 34.5 Å². The van der Waals surface area contributed by atoms with Crippen molar-refractivity contribution in [3.8, 4) is 0 Å². The summed E-state index contributed by atoms with van der Waals surface area (Å²) in [4.78, 5) is 51.0. The highest BCUT2D eigenvalue weighted by Crippen LogP contribution is 2.26. The maximum atomic E-state index is 13.1. The molecule has 1 fully saturated rings. The van der Waals surface area contributed by atoms with Gasteiger partial charge in [0, 0.05) is 19.3 Å². The highest BCUT2D eigenvalue weighted by molar-refractivity contribution is 5.74. The molecule has 1 aliphatic rings. The second-order valence-electron chi connectivity index (χ2n) is 20.6. The largest absolute Gasteiger partial charge is 0.479 e. The van der Waals surface area contributed by atoms with Crippen LogP contribution in [0.1, 0.15) is 278 Å². The monoisotopic (exact) mass is 1030 g/mol. The van der Waals surface area contributed by atoms with Crippen LogP contribution < -0.4 is 0 Å². The van der Waals surface area contributed by atoms with E-state index in [0.717, 1.165) is 103 Å². The highest BCUT2D eigenvalue weighted by Gasteiger charge is 2.50. The van der Waals surface area contributed by atoms with Gasteiger partial charge in [0.05, 0.1) is 6.61 Å². The van der Waals surface area contributed by atoms with Gasteiger partial charge in [0.25, 0.3) is 0 Å². The van der Waals surface area contributed by atoms with Crippen LogP contribution in [-0.2, 0) is 42.9 Å². The number of carboxylic acids is 1. The fourth-order valence-electron chi connectivity index (χ4n) is 9.05. The number of aliphatic carboxylic acids is 1. The molecule has 12 heteroatoms. The Bertz CT molecular complexity index is 1410. The quantitative estimate of drug-likeness (QED) is 0.0228. The third-order valence-corrected chi connectivity index (χ3v) is 13.7. The summed E-state index contributed by atoms with van der Waals surface area (Å²) in [7, 11) is 0. The predicted molar refractivity (Wildman–Crippen MR) is 294 cm³/mol. The number of carbonyl (C=O) groups excluding carboxylic acids is 3. The van der Waals surface area contributed by atoms with Crippen molar-refractivity contribution in [2.45, 2.75) is 314 Å². The molecule has 424 valence electrons. The smallest absolute Gasteiger partial charge is 0.335 e. The van der Waals surface area contributed by atoms with Gasteiger partial charge in [0.2, 0.25) is 0 Å². The molecular weight excluding hydrogens is 925 g/mol. The van der Waals surface area contributed by atoms with Crippen molar-refractivity contribution < 1.29 is 58.2 Å². The van der Waals surface area contributed by atoms with E-state index in [1.165, 1.54) is 116 Å². The maximum absolute atomic E-state index is 13.1. The lowest BCUT2D eigenvalue weighted by Gasteiger charge is -2.40. The van der Waals surface area contributed by atoms with Crippen LogP contribution in [0.4, 0.5) is 0 Å². The molecule has 3 N–H and O–H groups in total. The Kier molecular flexibility index (Phi) is 46.4. The molecule has 1 rings (SSSR count). The van der Waals surface area contributed by atoms with Gasteiger partial charge in [-0.25, -0.2) is 4.79 Å². The van der Waals surface area contributed by atoms with E-state index in [2.05, 4.69) is 57.2 Å². The van der Waals surface area contributed by atoms with Crippen LogP contribution in [0.3, 0.4) is 0 Å². The van der Waals surface area contributed by atoms with Crippen molar-refractivity contribution in [3.63, 3.8) is 0 Å². The molecule has 1 saturated heterocycles. The molecule has 12 nitrogen and oxygen atoms in total. The van der Waals surface area contributed by atoms with Crippen molar-refractivity contribution in [1.82, 2.24) is 0 Å². The normalized spacial score (nSPS) is 18.5. The molecule has 0 bridgehead atoms. The Labute approximate surface area is 444 Å². The number of aliphatic hydroxyl groups is 2. The Morgan fingerprint density at radius 1 is 0.452 bits per heavy atom. The first-order valence-corrected chi connectivity index (χ1v) is 30.0. The van der Waals surface area contributed by atoms with Gasteiger partial charge in [0.1, 0.15) is 18.8 Å². The fraction of sp³-hybridized carbons (Fsp3) is 0.836. The summed E-state index contributed by atoms with van der Waals surface area (Å²) in [6.45, 7) is 5.92. The summed E-state index contributed by atoms with van der Waals surface area (Å²) in [5.74, 6) is -3.12. The first kappa shape index (κ1) is 68.0. The third-order valence-electron chi connectivity index (χ3n) is 13.7. The van der Waals surface area contributed by atoms with Gasteiger partial charge in [-0.05, 0) is 70.6 Å². The lowest BCUT2D eigenvalue weighted by molar-refractivity contribution is -0.301. The van der Waals surface area contributed by atoms with Gasteiger partial charge < -0.3 is 39.0 Å². The standard InChI is InChI=1S/C61H108O12/c1-4-7-10-13-16-19-22-24-25-26-27-28-29-31-34-37-40-43-46-49-55(64)72-59-57(66)56(65)58(60(67)68)73-61(59)70-51-52(71-54(63)48-45-42-39-36-32-21-18-15-12-9-6-3)50-69-53(62)47-44-41-38-35-33-30-23-20-17-14-11-8-5-2/h11,14,20,23-25,52,56-59,61,65-66H,4-10,12-13,15-19,21-22,26-51H2,1-3H3,(H,67,68)/b14-11-,23-20-,25-24-. The number of ether oxygens (including phenoxy) is 5. The van der Waals surface area contributed by atoms with E-state index in [1.807, 2.05) is 0 Å². The number of esters is 3. The first-order chi connectivity index (χ1) is 35.6. The Balaban J connectivity index is 2.64. The number of carboxylic acid groups (broad SMARTS) is 1. The van der Waals surface area contributed by atoms with Crippen molar-refractivity contribution >= 4 is 23.9 Å². The zero-order valence-corrected chi connectivity index (χ0v) is 46.6. The zero-order chi connectivity index (χ0) is 53.3. The van der Waals surface area contributed by atoms with Crippen LogP contribution in [-0.4, -0.2) is 89.2 Å². The molecule has 6 atom stereocenters. The third kappa shape index (κ3) is 39.9. The predicted octanol–water partition coefficient (Wildman–Crippen LogP) is 15.2. The van der Waals surface area contributed by atoms with Gasteiger partial charge >= 0.3 is 23.9 Å². The minimum Gasteiger partial charge on any atom is -0.479 e. The highest BCUT2D eigenvalue weighted by atomic mass is 16.7. The van der Waals surface area contributed by atoms with E-state index >= 15 is 0 Å². The number of hydrogen-bond donors (Lipinski definition) is 3. The van der Waals surface area contributed by atoms with Crippen LogP contribution in [0.25, 0.3) is 0 Å². The van der Waals surface area contributed by atoms with Crippen LogP contribution in [0.15, 0.2) is 36.5 Å². The molecule has 0 saturated carbocycles. The summed E-state index contributed by atoms with van der Waals surface area (Å²) >= 11 is 0. The molecule has 73 heavy (non-hydrogen) atoms. The lowest BCUT2D eigenvalue weighted by atomic mass is 9.98. The molecule has 0 aromatic heterocycles. The average molecular weight is 1030 g/mol. The second kappa shape index (κ2) is 49.8.